The number of hydrogen-bond acceptors (Lipinski definition) is 3. The average molecular weight is 332 g/mol. The summed E-state index contributed by atoms with van der Waals surface area (Å²) in [4.78, 5) is 12.0. The highest BCUT2D eigenvalue weighted by molar-refractivity contribution is 5.73. The van der Waals surface area contributed by atoms with E-state index in [2.05, 4.69) is 29.7 Å². The lowest BCUT2D eigenvalue weighted by atomic mass is 9.73. The first-order valence-corrected chi connectivity index (χ1v) is 9.01. The van der Waals surface area contributed by atoms with Gasteiger partial charge < -0.3 is 20.5 Å². The van der Waals surface area contributed by atoms with Crippen LogP contribution in [0.3, 0.4) is 0 Å². The molecule has 0 saturated heterocycles. The summed E-state index contributed by atoms with van der Waals surface area (Å²) in [6, 6.07) is 6.09. The van der Waals surface area contributed by atoms with Gasteiger partial charge in [0.15, 0.2) is 0 Å². The van der Waals surface area contributed by atoms with Gasteiger partial charge in [0.05, 0.1) is 12.7 Å². The van der Waals surface area contributed by atoms with Gasteiger partial charge in [-0.2, -0.15) is 0 Å². The van der Waals surface area contributed by atoms with Crippen LogP contribution in [-0.4, -0.2) is 36.9 Å². The number of aliphatic hydroxyl groups excluding tert-OH is 1. The summed E-state index contributed by atoms with van der Waals surface area (Å²) >= 11 is 0. The molecule has 2 aliphatic rings. The van der Waals surface area contributed by atoms with Gasteiger partial charge in [-0.15, -0.1) is 0 Å². The molecule has 5 heteroatoms. The molecule has 1 aromatic carbocycles. The Kier molecular flexibility index (Phi) is 5.29. The number of benzene rings is 1. The minimum atomic E-state index is -0.319. The third-order valence-corrected chi connectivity index (χ3v) is 5.39. The van der Waals surface area contributed by atoms with E-state index in [4.69, 9.17) is 4.74 Å². The van der Waals surface area contributed by atoms with Gasteiger partial charge in [-0.1, -0.05) is 31.9 Å². The van der Waals surface area contributed by atoms with Crippen molar-refractivity contribution in [3.05, 3.63) is 29.3 Å². The van der Waals surface area contributed by atoms with Gasteiger partial charge in [0.2, 0.25) is 0 Å². The number of fused-ring (bicyclic) bond motifs is 1. The molecular weight excluding hydrogens is 304 g/mol. The van der Waals surface area contributed by atoms with Gasteiger partial charge in [0.25, 0.3) is 0 Å². The third-order valence-electron chi connectivity index (χ3n) is 5.39. The lowest BCUT2D eigenvalue weighted by molar-refractivity contribution is 0.00310. The van der Waals surface area contributed by atoms with Gasteiger partial charge in [-0.3, -0.25) is 0 Å². The second kappa shape index (κ2) is 7.43. The second-order valence-electron chi connectivity index (χ2n) is 7.32. The van der Waals surface area contributed by atoms with Crippen LogP contribution in [0.2, 0.25) is 0 Å². The fourth-order valence-corrected chi connectivity index (χ4v) is 3.65. The SMILES string of the molecule is CC1(CNC(=O)NCCc2ccc3c(c2)CCO3)CCCCC1O. The Bertz CT molecular complexity index is 590. The minimum absolute atomic E-state index is 0.154. The van der Waals surface area contributed by atoms with Crippen molar-refractivity contribution >= 4 is 6.03 Å². The van der Waals surface area contributed by atoms with Crippen LogP contribution in [0, 0.1) is 5.41 Å². The summed E-state index contributed by atoms with van der Waals surface area (Å²) in [7, 11) is 0. The maximum Gasteiger partial charge on any atom is 0.314 e. The standard InChI is InChI=1S/C19H28N2O3/c1-19(9-3-2-4-17(19)22)13-21-18(23)20-10-7-14-5-6-16-15(12-14)8-11-24-16/h5-6,12,17,22H,2-4,7-11,13H2,1H3,(H2,20,21,23). The number of rotatable bonds is 5. The van der Waals surface area contributed by atoms with Gasteiger partial charge >= 0.3 is 6.03 Å². The lowest BCUT2D eigenvalue weighted by Gasteiger charge is -2.38. The third kappa shape index (κ3) is 4.01. The van der Waals surface area contributed by atoms with Crippen molar-refractivity contribution in [2.45, 2.75) is 51.6 Å². The zero-order chi connectivity index (χ0) is 17.0. The molecule has 2 amide bonds. The van der Waals surface area contributed by atoms with E-state index < -0.39 is 0 Å². The van der Waals surface area contributed by atoms with Crippen molar-refractivity contribution in [1.29, 1.82) is 0 Å². The fraction of sp³-hybridized carbons (Fsp3) is 0.632. The lowest BCUT2D eigenvalue weighted by Crippen LogP contribution is -2.47. The molecule has 3 N–H and O–H groups in total. The normalized spacial score (nSPS) is 25.7. The predicted molar refractivity (Wildman–Crippen MR) is 93.3 cm³/mol. The van der Waals surface area contributed by atoms with E-state index in [0.717, 1.165) is 50.9 Å². The number of ether oxygens (including phenoxy) is 1. The molecule has 132 valence electrons. The number of carbonyl (C=O) groups excluding carboxylic acids is 1. The Morgan fingerprint density at radius 3 is 3.08 bits per heavy atom. The molecule has 0 spiro atoms. The second-order valence-corrected chi connectivity index (χ2v) is 7.32. The average Bonchev–Trinajstić information content (AvgIpc) is 3.04. The van der Waals surface area contributed by atoms with Crippen molar-refractivity contribution < 1.29 is 14.6 Å². The fourth-order valence-electron chi connectivity index (χ4n) is 3.65. The Morgan fingerprint density at radius 1 is 1.38 bits per heavy atom. The largest absolute Gasteiger partial charge is 0.493 e. The van der Waals surface area contributed by atoms with Gasteiger partial charge in [0.1, 0.15) is 5.75 Å². The monoisotopic (exact) mass is 332 g/mol. The molecule has 1 aliphatic heterocycles. The molecule has 24 heavy (non-hydrogen) atoms. The van der Waals surface area contributed by atoms with Crippen molar-refractivity contribution in [1.82, 2.24) is 10.6 Å². The molecule has 2 unspecified atom stereocenters. The number of urea groups is 1. The molecule has 2 atom stereocenters. The zero-order valence-electron chi connectivity index (χ0n) is 14.4. The maximum absolute atomic E-state index is 12.0. The Morgan fingerprint density at radius 2 is 2.25 bits per heavy atom. The summed E-state index contributed by atoms with van der Waals surface area (Å²) in [6.45, 7) is 3.95. The maximum atomic E-state index is 12.0. The van der Waals surface area contributed by atoms with Crippen LogP contribution in [0.25, 0.3) is 0 Å². The Hall–Kier alpha value is -1.75. The number of carbonyl (C=O) groups is 1. The van der Waals surface area contributed by atoms with Gasteiger partial charge in [0, 0.05) is 24.9 Å². The molecule has 5 nitrogen and oxygen atoms in total. The molecule has 3 rings (SSSR count). The van der Waals surface area contributed by atoms with Crippen molar-refractivity contribution in [2.24, 2.45) is 5.41 Å². The van der Waals surface area contributed by atoms with Gasteiger partial charge in [-0.05, 0) is 36.5 Å². The summed E-state index contributed by atoms with van der Waals surface area (Å²) in [6.07, 6.45) is 5.46. The highest BCUT2D eigenvalue weighted by Crippen LogP contribution is 2.35. The summed E-state index contributed by atoms with van der Waals surface area (Å²) in [5.74, 6) is 0.990. The van der Waals surface area contributed by atoms with E-state index in [-0.39, 0.29) is 17.6 Å². The molecule has 0 bridgehead atoms. The van der Waals surface area contributed by atoms with Crippen LogP contribution < -0.4 is 15.4 Å². The van der Waals surface area contributed by atoms with Crippen LogP contribution >= 0.6 is 0 Å². The molecule has 1 aromatic rings. The first-order chi connectivity index (χ1) is 11.6. The first kappa shape index (κ1) is 17.1. The molecule has 1 saturated carbocycles. The van der Waals surface area contributed by atoms with E-state index >= 15 is 0 Å². The van der Waals surface area contributed by atoms with Crippen LogP contribution in [0.15, 0.2) is 18.2 Å². The Balaban J connectivity index is 1.39. The van der Waals surface area contributed by atoms with Crippen LogP contribution in [0.5, 0.6) is 5.75 Å². The summed E-state index contributed by atoms with van der Waals surface area (Å²) < 4.78 is 5.50. The number of nitrogens with one attached hydrogen (secondary N) is 2. The van der Waals surface area contributed by atoms with E-state index in [0.29, 0.717) is 13.1 Å². The zero-order valence-corrected chi connectivity index (χ0v) is 14.4. The minimum Gasteiger partial charge on any atom is -0.493 e. The molecule has 1 aliphatic carbocycles. The van der Waals surface area contributed by atoms with E-state index in [1.807, 2.05) is 6.07 Å². The van der Waals surface area contributed by atoms with E-state index in [1.165, 1.54) is 11.1 Å². The van der Waals surface area contributed by atoms with E-state index in [9.17, 15) is 9.90 Å². The van der Waals surface area contributed by atoms with Crippen LogP contribution in [0.4, 0.5) is 4.79 Å². The number of aliphatic hydroxyl groups is 1. The highest BCUT2D eigenvalue weighted by atomic mass is 16.5. The van der Waals surface area contributed by atoms with Gasteiger partial charge in [-0.25, -0.2) is 4.79 Å². The summed E-state index contributed by atoms with van der Waals surface area (Å²) in [5.41, 5.74) is 2.28. The van der Waals surface area contributed by atoms with Crippen molar-refractivity contribution in [3.8, 4) is 5.75 Å². The summed E-state index contributed by atoms with van der Waals surface area (Å²) in [5, 5.41) is 16.0. The molecule has 0 aromatic heterocycles. The quantitative estimate of drug-likeness (QED) is 0.775. The smallest absolute Gasteiger partial charge is 0.314 e. The molecule has 0 radical (unpaired) electrons. The molecule has 1 fully saturated rings. The highest BCUT2D eigenvalue weighted by Gasteiger charge is 2.35. The van der Waals surface area contributed by atoms with Crippen LogP contribution in [-0.2, 0) is 12.8 Å². The number of hydrogen-bond donors (Lipinski definition) is 3. The van der Waals surface area contributed by atoms with E-state index in [1.54, 1.807) is 0 Å². The van der Waals surface area contributed by atoms with Crippen LogP contribution in [0.1, 0.15) is 43.7 Å². The number of amides is 2. The van der Waals surface area contributed by atoms with Crippen molar-refractivity contribution in [2.75, 3.05) is 19.7 Å². The van der Waals surface area contributed by atoms with Crippen molar-refractivity contribution in [3.63, 3.8) is 0 Å². The topological polar surface area (TPSA) is 70.6 Å². The Labute approximate surface area is 143 Å². The first-order valence-electron chi connectivity index (χ1n) is 9.01. The predicted octanol–water partition coefficient (Wildman–Crippen LogP) is 2.40. The molecular formula is C19H28N2O3. The molecule has 1 heterocycles.